The minimum Gasteiger partial charge on any atom is -0.483 e. The van der Waals surface area contributed by atoms with E-state index in [1.54, 1.807) is 0 Å². The Kier molecular flexibility index (Phi) is 8.08. The first-order valence-electron chi connectivity index (χ1n) is 13.2. The van der Waals surface area contributed by atoms with E-state index < -0.39 is 0 Å². The van der Waals surface area contributed by atoms with Gasteiger partial charge in [-0.05, 0) is 77.7 Å². The quantitative estimate of drug-likeness (QED) is 0.168. The number of fused-ring (bicyclic) bond motifs is 3. The van der Waals surface area contributed by atoms with Crippen molar-refractivity contribution in [2.75, 3.05) is 23.8 Å². The zero-order chi connectivity index (χ0) is 29.1. The summed E-state index contributed by atoms with van der Waals surface area (Å²) in [6, 6.07) is 34.6. The number of hydrogen-bond donors (Lipinski definition) is 2. The SMILES string of the molecule is O=C(COc1ccc2ccccc2c1Br)Nc1cccc2c(NC(=O)COc3ccc4ccccc4c3Br)cccc12. The Bertz CT molecular complexity index is 1830. The average molecular weight is 684 g/mol. The minimum atomic E-state index is -0.300. The van der Waals surface area contributed by atoms with Gasteiger partial charge in [-0.1, -0.05) is 84.9 Å². The molecule has 0 aliphatic rings. The number of rotatable bonds is 8. The van der Waals surface area contributed by atoms with E-state index in [0.717, 1.165) is 41.3 Å². The maximum Gasteiger partial charge on any atom is 0.262 e. The molecular formula is C34H24Br2N2O4. The van der Waals surface area contributed by atoms with Crippen LogP contribution in [0, 0.1) is 0 Å². The Balaban J connectivity index is 1.12. The average Bonchev–Trinajstić information content (AvgIpc) is 3.01. The van der Waals surface area contributed by atoms with E-state index in [2.05, 4.69) is 42.5 Å². The molecule has 0 aliphatic carbocycles. The number of halogens is 2. The summed E-state index contributed by atoms with van der Waals surface area (Å²) in [5.41, 5.74) is 1.23. The van der Waals surface area contributed by atoms with Crippen LogP contribution in [0.25, 0.3) is 32.3 Å². The van der Waals surface area contributed by atoms with Crippen LogP contribution >= 0.6 is 31.9 Å². The number of ether oxygens (including phenoxy) is 2. The molecule has 6 rings (SSSR count). The van der Waals surface area contributed by atoms with Gasteiger partial charge in [-0.2, -0.15) is 0 Å². The zero-order valence-electron chi connectivity index (χ0n) is 22.2. The third kappa shape index (κ3) is 5.82. The summed E-state index contributed by atoms with van der Waals surface area (Å²) in [5.74, 6) is 0.576. The summed E-state index contributed by atoms with van der Waals surface area (Å²) in [4.78, 5) is 25.7. The normalized spacial score (nSPS) is 11.0. The predicted molar refractivity (Wildman–Crippen MR) is 175 cm³/mol. The molecule has 0 atom stereocenters. The highest BCUT2D eigenvalue weighted by atomic mass is 79.9. The lowest BCUT2D eigenvalue weighted by molar-refractivity contribution is -0.118. The lowest BCUT2D eigenvalue weighted by Crippen LogP contribution is -2.21. The van der Waals surface area contributed by atoms with E-state index >= 15 is 0 Å². The maximum absolute atomic E-state index is 12.9. The molecule has 0 heterocycles. The Morgan fingerprint density at radius 3 is 1.36 bits per heavy atom. The van der Waals surface area contributed by atoms with Crippen molar-refractivity contribution in [3.63, 3.8) is 0 Å². The molecule has 6 nitrogen and oxygen atoms in total. The third-order valence-electron chi connectivity index (χ3n) is 6.84. The minimum absolute atomic E-state index is 0.161. The van der Waals surface area contributed by atoms with Gasteiger partial charge in [0, 0.05) is 22.1 Å². The molecule has 0 fully saturated rings. The van der Waals surface area contributed by atoms with Gasteiger partial charge in [0.15, 0.2) is 13.2 Å². The predicted octanol–water partition coefficient (Wildman–Crippen LogP) is 8.71. The largest absolute Gasteiger partial charge is 0.483 e. The van der Waals surface area contributed by atoms with Gasteiger partial charge in [-0.3, -0.25) is 9.59 Å². The van der Waals surface area contributed by atoms with E-state index in [4.69, 9.17) is 9.47 Å². The highest BCUT2D eigenvalue weighted by Crippen LogP contribution is 2.35. The summed E-state index contributed by atoms with van der Waals surface area (Å²) >= 11 is 7.19. The van der Waals surface area contributed by atoms with Crippen molar-refractivity contribution in [3.05, 3.63) is 118 Å². The van der Waals surface area contributed by atoms with Crippen molar-refractivity contribution in [2.45, 2.75) is 0 Å². The van der Waals surface area contributed by atoms with Crippen molar-refractivity contribution in [1.82, 2.24) is 0 Å². The fraction of sp³-hybridized carbons (Fsp3) is 0.0588. The lowest BCUT2D eigenvalue weighted by Gasteiger charge is -2.14. The van der Waals surface area contributed by atoms with Gasteiger partial charge in [-0.15, -0.1) is 0 Å². The molecule has 0 unspecified atom stereocenters. The highest BCUT2D eigenvalue weighted by Gasteiger charge is 2.13. The summed E-state index contributed by atoms with van der Waals surface area (Å²) in [5, 5.41) is 11.6. The van der Waals surface area contributed by atoms with Gasteiger partial charge in [0.1, 0.15) is 11.5 Å². The van der Waals surface area contributed by atoms with Gasteiger partial charge in [0.05, 0.1) is 8.95 Å². The molecule has 0 saturated heterocycles. The van der Waals surface area contributed by atoms with Crippen LogP contribution in [-0.4, -0.2) is 25.0 Å². The molecule has 42 heavy (non-hydrogen) atoms. The second-order valence-electron chi connectivity index (χ2n) is 9.58. The molecule has 6 aromatic rings. The Labute approximate surface area is 258 Å². The number of anilines is 2. The summed E-state index contributed by atoms with van der Waals surface area (Å²) < 4.78 is 13.3. The highest BCUT2D eigenvalue weighted by molar-refractivity contribution is 9.11. The van der Waals surface area contributed by atoms with E-state index in [9.17, 15) is 9.59 Å². The third-order valence-corrected chi connectivity index (χ3v) is 8.48. The summed E-state index contributed by atoms with van der Waals surface area (Å²) in [6.07, 6.45) is 0. The van der Waals surface area contributed by atoms with Gasteiger partial charge < -0.3 is 20.1 Å². The van der Waals surface area contributed by atoms with Crippen LogP contribution < -0.4 is 20.1 Å². The standard InChI is InChI=1S/C34H24Br2N2O4/c35-33-23-9-3-1-7-21(23)15-17-29(33)41-19-31(39)37-27-13-5-12-26-25(27)11-6-14-28(26)38-32(40)20-42-30-18-16-22-8-2-4-10-24(22)34(30)36/h1-18H,19-20H2,(H,37,39)(H,38,40). The van der Waals surface area contributed by atoms with E-state index in [0.29, 0.717) is 22.9 Å². The number of carbonyl (C=O) groups excluding carboxylic acids is 2. The van der Waals surface area contributed by atoms with Crippen molar-refractivity contribution in [2.24, 2.45) is 0 Å². The van der Waals surface area contributed by atoms with Crippen LogP contribution in [-0.2, 0) is 9.59 Å². The molecule has 2 N–H and O–H groups in total. The fourth-order valence-corrected chi connectivity index (χ4v) is 6.05. The van der Waals surface area contributed by atoms with Crippen LogP contribution in [0.15, 0.2) is 118 Å². The number of carbonyl (C=O) groups is 2. The molecule has 0 aromatic heterocycles. The molecule has 0 spiro atoms. The van der Waals surface area contributed by atoms with Crippen LogP contribution in [0.1, 0.15) is 0 Å². The zero-order valence-corrected chi connectivity index (χ0v) is 25.4. The molecule has 6 aromatic carbocycles. The Hall–Kier alpha value is -4.40. The fourth-order valence-electron chi connectivity index (χ4n) is 4.84. The number of hydrogen-bond acceptors (Lipinski definition) is 4. The number of amides is 2. The second-order valence-corrected chi connectivity index (χ2v) is 11.2. The summed E-state index contributed by atoms with van der Waals surface area (Å²) in [7, 11) is 0. The number of nitrogens with one attached hydrogen (secondary N) is 2. The molecule has 0 saturated carbocycles. The molecule has 0 aliphatic heterocycles. The maximum atomic E-state index is 12.9. The van der Waals surface area contributed by atoms with Gasteiger partial charge in [0.2, 0.25) is 0 Å². The molecule has 208 valence electrons. The molecule has 0 bridgehead atoms. The van der Waals surface area contributed by atoms with E-state index in [1.165, 1.54) is 0 Å². The van der Waals surface area contributed by atoms with Crippen molar-refractivity contribution >= 4 is 87.4 Å². The lowest BCUT2D eigenvalue weighted by atomic mass is 10.1. The number of benzene rings is 6. The second kappa shape index (κ2) is 12.2. The van der Waals surface area contributed by atoms with Gasteiger partial charge in [0.25, 0.3) is 11.8 Å². The van der Waals surface area contributed by atoms with Gasteiger partial charge >= 0.3 is 0 Å². The van der Waals surface area contributed by atoms with E-state index in [1.807, 2.05) is 109 Å². The Morgan fingerprint density at radius 1 is 0.500 bits per heavy atom. The molecule has 0 radical (unpaired) electrons. The molecule has 2 amide bonds. The van der Waals surface area contributed by atoms with Crippen molar-refractivity contribution in [3.8, 4) is 11.5 Å². The monoisotopic (exact) mass is 682 g/mol. The van der Waals surface area contributed by atoms with E-state index in [-0.39, 0.29) is 25.0 Å². The summed E-state index contributed by atoms with van der Waals surface area (Å²) in [6.45, 7) is -0.323. The molecular weight excluding hydrogens is 660 g/mol. The van der Waals surface area contributed by atoms with Crippen LogP contribution in [0.2, 0.25) is 0 Å². The first-order valence-corrected chi connectivity index (χ1v) is 14.8. The topological polar surface area (TPSA) is 76.7 Å². The molecule has 8 heteroatoms. The smallest absolute Gasteiger partial charge is 0.262 e. The first kappa shape index (κ1) is 27.8. The van der Waals surface area contributed by atoms with Crippen molar-refractivity contribution < 1.29 is 19.1 Å². The van der Waals surface area contributed by atoms with Gasteiger partial charge in [-0.25, -0.2) is 0 Å². The van der Waals surface area contributed by atoms with Crippen molar-refractivity contribution in [1.29, 1.82) is 0 Å². The van der Waals surface area contributed by atoms with Crippen LogP contribution in [0.3, 0.4) is 0 Å². The Morgan fingerprint density at radius 2 is 0.905 bits per heavy atom. The van der Waals surface area contributed by atoms with Crippen LogP contribution in [0.5, 0.6) is 11.5 Å². The first-order chi connectivity index (χ1) is 20.5. The van der Waals surface area contributed by atoms with Crippen LogP contribution in [0.4, 0.5) is 11.4 Å².